The summed E-state index contributed by atoms with van der Waals surface area (Å²) in [6, 6.07) is -0.167. The molecule has 0 aliphatic carbocycles. The fraction of sp³-hybridized carbons (Fsp3) is 0.867. The van der Waals surface area contributed by atoms with Gasteiger partial charge < -0.3 is 20.5 Å². The van der Waals surface area contributed by atoms with Gasteiger partial charge in [0, 0.05) is 20.1 Å². The van der Waals surface area contributed by atoms with Crippen LogP contribution in [0.2, 0.25) is 0 Å². The molecule has 0 saturated carbocycles. The van der Waals surface area contributed by atoms with Crippen LogP contribution in [0.5, 0.6) is 0 Å². The van der Waals surface area contributed by atoms with E-state index in [9.17, 15) is 9.59 Å². The lowest BCUT2D eigenvalue weighted by Crippen LogP contribution is -2.44. The first-order chi connectivity index (χ1) is 9.80. The highest BCUT2D eigenvalue weighted by atomic mass is 16.5. The highest BCUT2D eigenvalue weighted by molar-refractivity contribution is 5.74. The Labute approximate surface area is 127 Å². The van der Waals surface area contributed by atoms with Gasteiger partial charge in [-0.1, -0.05) is 27.2 Å². The summed E-state index contributed by atoms with van der Waals surface area (Å²) in [7, 11) is 1.62. The maximum absolute atomic E-state index is 11.8. The Hall–Kier alpha value is -1.30. The van der Waals surface area contributed by atoms with Crippen LogP contribution in [0.3, 0.4) is 0 Å². The number of carboxylic acid groups (broad SMARTS) is 1. The predicted molar refractivity (Wildman–Crippen MR) is 82.4 cm³/mol. The van der Waals surface area contributed by atoms with Crippen LogP contribution >= 0.6 is 0 Å². The van der Waals surface area contributed by atoms with Crippen molar-refractivity contribution in [2.45, 2.75) is 58.9 Å². The molecule has 124 valence electrons. The lowest BCUT2D eigenvalue weighted by Gasteiger charge is -2.24. The van der Waals surface area contributed by atoms with Gasteiger partial charge in [0.1, 0.15) is 0 Å². The van der Waals surface area contributed by atoms with Crippen molar-refractivity contribution in [2.24, 2.45) is 5.41 Å². The number of aliphatic carboxylic acids is 1. The Balaban J connectivity index is 3.98. The molecule has 0 radical (unpaired) electrons. The molecule has 0 rings (SSSR count). The summed E-state index contributed by atoms with van der Waals surface area (Å²) in [6.45, 7) is 7.13. The zero-order valence-corrected chi connectivity index (χ0v) is 13.7. The molecular weight excluding hydrogens is 272 g/mol. The smallest absolute Gasteiger partial charge is 0.315 e. The van der Waals surface area contributed by atoms with Crippen molar-refractivity contribution in [2.75, 3.05) is 20.3 Å². The van der Waals surface area contributed by atoms with Crippen LogP contribution in [-0.2, 0) is 9.53 Å². The second-order valence-electron chi connectivity index (χ2n) is 6.15. The van der Waals surface area contributed by atoms with Crippen molar-refractivity contribution in [3.8, 4) is 0 Å². The maximum Gasteiger partial charge on any atom is 0.315 e. The lowest BCUT2D eigenvalue weighted by atomic mass is 9.84. The van der Waals surface area contributed by atoms with Crippen molar-refractivity contribution in [1.29, 1.82) is 0 Å². The molecule has 1 unspecified atom stereocenters. The van der Waals surface area contributed by atoms with Gasteiger partial charge in [0.05, 0.1) is 12.6 Å². The Bertz CT molecular complexity index is 313. The van der Waals surface area contributed by atoms with E-state index >= 15 is 0 Å². The number of methoxy groups -OCH3 is 1. The second-order valence-corrected chi connectivity index (χ2v) is 6.15. The van der Waals surface area contributed by atoms with Crippen LogP contribution in [-0.4, -0.2) is 43.4 Å². The largest absolute Gasteiger partial charge is 0.481 e. The Morgan fingerprint density at radius 1 is 1.29 bits per heavy atom. The van der Waals surface area contributed by atoms with Gasteiger partial charge in [-0.2, -0.15) is 0 Å². The number of rotatable bonds is 11. The minimum atomic E-state index is -0.782. The van der Waals surface area contributed by atoms with E-state index < -0.39 is 5.97 Å². The van der Waals surface area contributed by atoms with Gasteiger partial charge in [-0.3, -0.25) is 4.79 Å². The van der Waals surface area contributed by atoms with Crippen LogP contribution < -0.4 is 10.6 Å². The molecule has 3 N–H and O–H groups in total. The van der Waals surface area contributed by atoms with Crippen molar-refractivity contribution in [3.05, 3.63) is 0 Å². The third-order valence-electron chi connectivity index (χ3n) is 3.44. The van der Waals surface area contributed by atoms with E-state index in [0.717, 1.165) is 19.3 Å². The number of amides is 2. The highest BCUT2D eigenvalue weighted by Crippen LogP contribution is 2.25. The SMILES string of the molecule is CCCC(COC)NC(=O)NCCC(C)(C)CCC(=O)O. The highest BCUT2D eigenvalue weighted by Gasteiger charge is 2.19. The molecule has 0 aromatic heterocycles. The summed E-state index contributed by atoms with van der Waals surface area (Å²) in [6.07, 6.45) is 3.37. The van der Waals surface area contributed by atoms with E-state index in [0.29, 0.717) is 19.6 Å². The monoisotopic (exact) mass is 302 g/mol. The first kappa shape index (κ1) is 19.7. The zero-order valence-electron chi connectivity index (χ0n) is 13.7. The molecule has 1 atom stereocenters. The average Bonchev–Trinajstić information content (AvgIpc) is 2.37. The summed E-state index contributed by atoms with van der Waals surface area (Å²) in [5, 5.41) is 14.4. The topological polar surface area (TPSA) is 87.7 Å². The van der Waals surface area contributed by atoms with Crippen molar-refractivity contribution in [1.82, 2.24) is 10.6 Å². The van der Waals surface area contributed by atoms with Gasteiger partial charge in [-0.15, -0.1) is 0 Å². The quantitative estimate of drug-likeness (QED) is 0.547. The van der Waals surface area contributed by atoms with Crippen LogP contribution in [0.15, 0.2) is 0 Å². The normalized spacial score (nSPS) is 12.8. The molecule has 0 aliphatic rings. The first-order valence-electron chi connectivity index (χ1n) is 7.56. The van der Waals surface area contributed by atoms with E-state index in [1.807, 2.05) is 13.8 Å². The number of ether oxygens (including phenoxy) is 1. The van der Waals surface area contributed by atoms with Gasteiger partial charge in [0.25, 0.3) is 0 Å². The molecule has 0 aliphatic heterocycles. The molecule has 0 spiro atoms. The van der Waals surface area contributed by atoms with E-state index in [1.54, 1.807) is 7.11 Å². The molecule has 21 heavy (non-hydrogen) atoms. The van der Waals surface area contributed by atoms with Crippen LogP contribution in [0, 0.1) is 5.41 Å². The minimum absolute atomic E-state index is 0.0278. The number of carbonyl (C=O) groups excluding carboxylic acids is 1. The van der Waals surface area contributed by atoms with Crippen LogP contribution in [0.4, 0.5) is 4.79 Å². The summed E-state index contributed by atoms with van der Waals surface area (Å²) in [5.41, 5.74) is -0.0962. The summed E-state index contributed by atoms with van der Waals surface area (Å²) >= 11 is 0. The van der Waals surface area contributed by atoms with Gasteiger partial charge in [-0.25, -0.2) is 4.79 Å². The molecule has 2 amide bonds. The molecule has 0 aromatic rings. The Morgan fingerprint density at radius 3 is 2.48 bits per heavy atom. The average molecular weight is 302 g/mol. The van der Waals surface area contributed by atoms with E-state index in [2.05, 4.69) is 17.6 Å². The number of carbonyl (C=O) groups is 2. The number of nitrogens with one attached hydrogen (secondary N) is 2. The molecule has 0 heterocycles. The van der Waals surface area contributed by atoms with Gasteiger partial charge in [-0.05, 0) is 24.7 Å². The van der Waals surface area contributed by atoms with E-state index in [1.165, 1.54) is 0 Å². The lowest BCUT2D eigenvalue weighted by molar-refractivity contribution is -0.137. The minimum Gasteiger partial charge on any atom is -0.481 e. The number of urea groups is 1. The molecule has 0 fully saturated rings. The predicted octanol–water partition coefficient (Wildman–Crippen LogP) is 2.38. The van der Waals surface area contributed by atoms with Crippen molar-refractivity contribution < 1.29 is 19.4 Å². The van der Waals surface area contributed by atoms with Gasteiger partial charge in [0.15, 0.2) is 0 Å². The summed E-state index contributed by atoms with van der Waals surface area (Å²) in [5.74, 6) is -0.782. The molecule has 6 nitrogen and oxygen atoms in total. The summed E-state index contributed by atoms with van der Waals surface area (Å²) < 4.78 is 5.07. The second kappa shape index (κ2) is 10.4. The van der Waals surface area contributed by atoms with Crippen molar-refractivity contribution >= 4 is 12.0 Å². The third kappa shape index (κ3) is 11.1. The fourth-order valence-electron chi connectivity index (χ4n) is 2.07. The standard InChI is InChI=1S/C15H30N2O4/c1-5-6-12(11-21-4)17-14(20)16-10-9-15(2,3)8-7-13(18)19/h12H,5-11H2,1-4H3,(H,18,19)(H2,16,17,20). The third-order valence-corrected chi connectivity index (χ3v) is 3.44. The number of hydrogen-bond donors (Lipinski definition) is 3. The number of hydrogen-bond acceptors (Lipinski definition) is 3. The van der Waals surface area contributed by atoms with Gasteiger partial charge >= 0.3 is 12.0 Å². The molecular formula is C15H30N2O4. The molecule has 0 bridgehead atoms. The van der Waals surface area contributed by atoms with E-state index in [-0.39, 0.29) is 23.9 Å². The van der Waals surface area contributed by atoms with Crippen LogP contribution in [0.1, 0.15) is 52.9 Å². The fourth-order valence-corrected chi connectivity index (χ4v) is 2.07. The van der Waals surface area contributed by atoms with E-state index in [4.69, 9.17) is 9.84 Å². The maximum atomic E-state index is 11.8. The molecule has 0 saturated heterocycles. The Morgan fingerprint density at radius 2 is 1.95 bits per heavy atom. The van der Waals surface area contributed by atoms with Gasteiger partial charge in [0.2, 0.25) is 0 Å². The summed E-state index contributed by atoms with van der Waals surface area (Å²) in [4.78, 5) is 22.4. The first-order valence-corrected chi connectivity index (χ1v) is 7.56. The van der Waals surface area contributed by atoms with Crippen LogP contribution in [0.25, 0.3) is 0 Å². The van der Waals surface area contributed by atoms with Crippen molar-refractivity contribution in [3.63, 3.8) is 0 Å². The Kier molecular flexibility index (Phi) is 9.78. The molecule has 0 aromatic carbocycles. The molecule has 6 heteroatoms. The number of carboxylic acids is 1. The zero-order chi connectivity index (χ0) is 16.3.